The number of aromatic carboxylic acids is 1. The highest BCUT2D eigenvalue weighted by atomic mass is 16.4. The molecule has 0 bridgehead atoms. The Morgan fingerprint density at radius 3 is 2.45 bits per heavy atom. The predicted molar refractivity (Wildman–Crippen MR) is 82.8 cm³/mol. The van der Waals surface area contributed by atoms with Crippen LogP contribution in [0.5, 0.6) is 0 Å². The van der Waals surface area contributed by atoms with Gasteiger partial charge in [-0.15, -0.1) is 0 Å². The topological polar surface area (TPSA) is 101 Å². The molecule has 112 valence electrons. The summed E-state index contributed by atoms with van der Waals surface area (Å²) >= 11 is 0. The second-order valence-electron chi connectivity index (χ2n) is 5.52. The van der Waals surface area contributed by atoms with Crippen LogP contribution in [0.2, 0.25) is 0 Å². The van der Waals surface area contributed by atoms with Crippen molar-refractivity contribution in [2.24, 2.45) is 5.92 Å². The average Bonchev–Trinajstić information content (AvgIpc) is 2.38. The summed E-state index contributed by atoms with van der Waals surface area (Å²) < 4.78 is 0. The third-order valence-electron chi connectivity index (χ3n) is 3.38. The van der Waals surface area contributed by atoms with Crippen LogP contribution in [0.15, 0.2) is 12.1 Å². The molecule has 5 nitrogen and oxygen atoms in total. The van der Waals surface area contributed by atoms with Gasteiger partial charge in [0, 0.05) is 6.04 Å². The molecule has 0 aliphatic rings. The van der Waals surface area contributed by atoms with Gasteiger partial charge in [0.15, 0.2) is 0 Å². The Hall–Kier alpha value is -1.75. The predicted octanol–water partition coefficient (Wildman–Crippen LogP) is 2.12. The molecule has 1 aromatic rings. The number of anilines is 2. The van der Waals surface area contributed by atoms with E-state index in [2.05, 4.69) is 26.1 Å². The van der Waals surface area contributed by atoms with E-state index in [1.807, 2.05) is 0 Å². The molecule has 0 aliphatic carbocycles. The van der Waals surface area contributed by atoms with Crippen molar-refractivity contribution < 1.29 is 9.90 Å². The zero-order valence-corrected chi connectivity index (χ0v) is 12.4. The van der Waals surface area contributed by atoms with E-state index in [-0.39, 0.29) is 11.3 Å². The van der Waals surface area contributed by atoms with Crippen molar-refractivity contribution in [2.75, 3.05) is 18.0 Å². The highest BCUT2D eigenvalue weighted by Gasteiger charge is 2.15. The second kappa shape index (κ2) is 7.14. The molecule has 6 N–H and O–H groups in total. The molecule has 1 atom stereocenters. The standard InChI is InChI=1S/C15H25N3O2/c1-4-11(18-8-9(2)3)7-10-5-6-12(15(19)20)14(17)13(10)16/h5-6,9,11,18H,4,7-8,16-17H2,1-3H3,(H,19,20). The number of carbonyl (C=O) groups is 1. The number of carboxylic acid groups (broad SMARTS) is 1. The zero-order valence-electron chi connectivity index (χ0n) is 12.4. The van der Waals surface area contributed by atoms with E-state index in [4.69, 9.17) is 16.6 Å². The van der Waals surface area contributed by atoms with Crippen molar-refractivity contribution in [1.82, 2.24) is 5.32 Å². The Labute approximate surface area is 120 Å². The summed E-state index contributed by atoms with van der Waals surface area (Å²) in [6.07, 6.45) is 1.73. The van der Waals surface area contributed by atoms with E-state index in [1.54, 1.807) is 6.07 Å². The van der Waals surface area contributed by atoms with Crippen LogP contribution in [0.4, 0.5) is 11.4 Å². The zero-order chi connectivity index (χ0) is 15.3. The lowest BCUT2D eigenvalue weighted by atomic mass is 9.98. The Balaban J connectivity index is 2.86. The monoisotopic (exact) mass is 279 g/mol. The number of carboxylic acids is 1. The van der Waals surface area contributed by atoms with Crippen LogP contribution in [0.25, 0.3) is 0 Å². The molecule has 0 saturated carbocycles. The number of nitrogens with two attached hydrogens (primary N) is 2. The van der Waals surface area contributed by atoms with Gasteiger partial charge in [-0.2, -0.15) is 0 Å². The molecule has 0 amide bonds. The molecule has 0 spiro atoms. The summed E-state index contributed by atoms with van der Waals surface area (Å²) in [7, 11) is 0. The van der Waals surface area contributed by atoms with Crippen LogP contribution in [-0.2, 0) is 6.42 Å². The summed E-state index contributed by atoms with van der Waals surface area (Å²) in [5.41, 5.74) is 13.3. The Bertz CT molecular complexity index is 472. The van der Waals surface area contributed by atoms with E-state index in [0.29, 0.717) is 17.6 Å². The van der Waals surface area contributed by atoms with Crippen LogP contribution in [0.1, 0.15) is 43.1 Å². The molecule has 0 fully saturated rings. The molecule has 1 unspecified atom stereocenters. The third kappa shape index (κ3) is 4.13. The maximum Gasteiger partial charge on any atom is 0.337 e. The fraction of sp³-hybridized carbons (Fsp3) is 0.533. The van der Waals surface area contributed by atoms with Gasteiger partial charge in [0.1, 0.15) is 0 Å². The highest BCUT2D eigenvalue weighted by molar-refractivity contribution is 5.97. The summed E-state index contributed by atoms with van der Waals surface area (Å²) in [6.45, 7) is 7.38. The number of nitrogens with one attached hydrogen (secondary N) is 1. The Morgan fingerprint density at radius 1 is 1.30 bits per heavy atom. The van der Waals surface area contributed by atoms with Gasteiger partial charge in [0.05, 0.1) is 16.9 Å². The van der Waals surface area contributed by atoms with Crippen LogP contribution in [0, 0.1) is 5.92 Å². The molecule has 1 aromatic carbocycles. The quantitative estimate of drug-likeness (QED) is 0.573. The normalized spacial score (nSPS) is 12.6. The van der Waals surface area contributed by atoms with Gasteiger partial charge >= 0.3 is 5.97 Å². The smallest absolute Gasteiger partial charge is 0.337 e. The molecular formula is C15H25N3O2. The molecule has 20 heavy (non-hydrogen) atoms. The van der Waals surface area contributed by atoms with E-state index in [1.165, 1.54) is 6.07 Å². The van der Waals surface area contributed by atoms with Crippen molar-refractivity contribution >= 4 is 17.3 Å². The third-order valence-corrected chi connectivity index (χ3v) is 3.38. The first-order chi connectivity index (χ1) is 9.36. The lowest BCUT2D eigenvalue weighted by molar-refractivity contribution is 0.0698. The number of nitrogen functional groups attached to an aromatic ring is 2. The molecule has 0 heterocycles. The van der Waals surface area contributed by atoms with E-state index >= 15 is 0 Å². The van der Waals surface area contributed by atoms with Crippen LogP contribution in [0.3, 0.4) is 0 Å². The number of benzene rings is 1. The minimum Gasteiger partial charge on any atom is -0.478 e. The van der Waals surface area contributed by atoms with E-state index in [9.17, 15) is 4.79 Å². The first-order valence-corrected chi connectivity index (χ1v) is 7.00. The Morgan fingerprint density at radius 2 is 1.95 bits per heavy atom. The van der Waals surface area contributed by atoms with Crippen molar-refractivity contribution in [3.8, 4) is 0 Å². The molecule has 0 saturated heterocycles. The second-order valence-corrected chi connectivity index (χ2v) is 5.52. The maximum atomic E-state index is 11.0. The first-order valence-electron chi connectivity index (χ1n) is 7.00. The minimum atomic E-state index is -1.05. The van der Waals surface area contributed by atoms with Gasteiger partial charge in [-0.1, -0.05) is 26.8 Å². The SMILES string of the molecule is CCC(Cc1ccc(C(=O)O)c(N)c1N)NCC(C)C. The first kappa shape index (κ1) is 16.3. The number of hydrogen-bond acceptors (Lipinski definition) is 4. The lowest BCUT2D eigenvalue weighted by Gasteiger charge is -2.20. The van der Waals surface area contributed by atoms with Gasteiger partial charge < -0.3 is 21.9 Å². The minimum absolute atomic E-state index is 0.0643. The van der Waals surface area contributed by atoms with Gasteiger partial charge in [0.2, 0.25) is 0 Å². The Kier molecular flexibility index (Phi) is 5.82. The van der Waals surface area contributed by atoms with Crippen molar-refractivity contribution in [1.29, 1.82) is 0 Å². The lowest BCUT2D eigenvalue weighted by Crippen LogP contribution is -2.33. The van der Waals surface area contributed by atoms with Crippen LogP contribution < -0.4 is 16.8 Å². The molecule has 0 aliphatic heterocycles. The highest BCUT2D eigenvalue weighted by Crippen LogP contribution is 2.26. The molecule has 0 radical (unpaired) electrons. The van der Waals surface area contributed by atoms with Crippen LogP contribution in [-0.4, -0.2) is 23.7 Å². The molecular weight excluding hydrogens is 254 g/mol. The molecule has 0 aromatic heterocycles. The average molecular weight is 279 g/mol. The number of hydrogen-bond donors (Lipinski definition) is 4. The van der Waals surface area contributed by atoms with Gasteiger partial charge in [-0.3, -0.25) is 0 Å². The number of rotatable bonds is 7. The fourth-order valence-electron chi connectivity index (χ4n) is 2.07. The molecule has 1 rings (SSSR count). The van der Waals surface area contributed by atoms with Crippen molar-refractivity contribution in [2.45, 2.75) is 39.7 Å². The summed E-state index contributed by atoms with van der Waals surface area (Å²) in [5.74, 6) is -0.466. The summed E-state index contributed by atoms with van der Waals surface area (Å²) in [5, 5.41) is 12.5. The van der Waals surface area contributed by atoms with Crippen LogP contribution >= 0.6 is 0 Å². The summed E-state index contributed by atoms with van der Waals surface area (Å²) in [6, 6.07) is 3.60. The van der Waals surface area contributed by atoms with E-state index < -0.39 is 5.97 Å². The fourth-order valence-corrected chi connectivity index (χ4v) is 2.07. The van der Waals surface area contributed by atoms with Gasteiger partial charge in [-0.25, -0.2) is 4.79 Å². The van der Waals surface area contributed by atoms with Crippen molar-refractivity contribution in [3.05, 3.63) is 23.3 Å². The summed E-state index contributed by atoms with van der Waals surface area (Å²) in [4.78, 5) is 11.0. The largest absolute Gasteiger partial charge is 0.478 e. The van der Waals surface area contributed by atoms with Gasteiger partial charge in [0.25, 0.3) is 0 Å². The van der Waals surface area contributed by atoms with E-state index in [0.717, 1.165) is 24.9 Å². The van der Waals surface area contributed by atoms with Crippen molar-refractivity contribution in [3.63, 3.8) is 0 Å². The maximum absolute atomic E-state index is 11.0. The molecule has 5 heteroatoms. The van der Waals surface area contributed by atoms with Gasteiger partial charge in [-0.05, 0) is 36.9 Å².